The first-order valence-electron chi connectivity index (χ1n) is 15.2. The summed E-state index contributed by atoms with van der Waals surface area (Å²) < 4.78 is 0. The van der Waals surface area contributed by atoms with Crippen LogP contribution in [0.2, 0.25) is 0 Å². The molecule has 0 aromatic rings. The Bertz CT molecular complexity index is 673. The van der Waals surface area contributed by atoms with Gasteiger partial charge in [0.15, 0.2) is 0 Å². The van der Waals surface area contributed by atoms with Gasteiger partial charge in [-0.15, -0.1) is 0 Å². The predicted molar refractivity (Wildman–Crippen MR) is 154 cm³/mol. The van der Waals surface area contributed by atoms with Gasteiger partial charge < -0.3 is 25.2 Å². The smallest absolute Gasteiger partial charge is 0.223 e. The third kappa shape index (κ3) is 14.4. The molecule has 8 nitrogen and oxygen atoms in total. The Morgan fingerprint density at radius 2 is 1.32 bits per heavy atom. The number of hydrogen-bond donors (Lipinski definition) is 2. The zero-order valence-corrected chi connectivity index (χ0v) is 24.8. The summed E-state index contributed by atoms with van der Waals surface area (Å²) in [7, 11) is 3.96. The molecule has 220 valence electrons. The predicted octanol–water partition coefficient (Wildman–Crippen LogP) is 3.82. The molecular formula is C30H56N4O4. The molecule has 1 aliphatic heterocycles. The van der Waals surface area contributed by atoms with E-state index in [0.717, 1.165) is 64.4 Å². The number of amides is 2. The minimum Gasteiger partial charge on any atom is -0.355 e. The van der Waals surface area contributed by atoms with Crippen LogP contribution in [0.4, 0.5) is 0 Å². The molecular weight excluding hydrogens is 480 g/mol. The zero-order valence-electron chi connectivity index (χ0n) is 24.8. The van der Waals surface area contributed by atoms with Crippen molar-refractivity contribution in [1.82, 2.24) is 20.4 Å². The molecule has 1 saturated heterocycles. The van der Waals surface area contributed by atoms with Gasteiger partial charge in [0.25, 0.3) is 0 Å². The monoisotopic (exact) mass is 536 g/mol. The normalized spacial score (nSPS) is 22.2. The molecule has 2 saturated carbocycles. The molecule has 2 amide bonds. The van der Waals surface area contributed by atoms with Gasteiger partial charge in [0.2, 0.25) is 11.8 Å². The van der Waals surface area contributed by atoms with Crippen molar-refractivity contribution in [3.63, 3.8) is 0 Å². The number of piperidine rings is 1. The molecule has 1 heterocycles. The number of carbonyl (C=O) groups is 4. The Morgan fingerprint density at radius 3 is 1.89 bits per heavy atom. The number of likely N-dealkylation sites (tertiary alicyclic amines) is 1. The fourth-order valence-corrected chi connectivity index (χ4v) is 5.66. The lowest BCUT2D eigenvalue weighted by Gasteiger charge is -2.29. The van der Waals surface area contributed by atoms with Crippen LogP contribution in [-0.4, -0.2) is 87.0 Å². The number of rotatable bonds is 10. The second kappa shape index (κ2) is 21.1. The number of ketones is 1. The van der Waals surface area contributed by atoms with Crippen LogP contribution >= 0.6 is 0 Å². The number of likely N-dealkylation sites (N-methyl/N-ethyl adjacent to an activating group) is 1. The molecule has 0 spiro atoms. The first-order chi connectivity index (χ1) is 18.3. The first kappa shape index (κ1) is 34.2. The van der Waals surface area contributed by atoms with Crippen molar-refractivity contribution >= 4 is 23.9 Å². The van der Waals surface area contributed by atoms with Gasteiger partial charge in [-0.25, -0.2) is 0 Å². The number of carbonyl (C=O) groups excluding carboxylic acids is 4. The average molecular weight is 537 g/mol. The molecule has 38 heavy (non-hydrogen) atoms. The average Bonchev–Trinajstić information content (AvgIpc) is 2.94. The standard InChI is InChI=1S/C14H26N2O2.C14H26N2O.C2H4O/c1-4-13(17)11-7-5-6-8-12(11)14(18)15-9-10-16(2)3;17-14(13-7-3-1-4-8-13)15-9-12-16-10-5-2-6-11-16;1-2-3/h11-12H,4-10H2,1-3H3,(H,15,18);13H,1-12H2,(H,15,17);2H,1H3/t11-,12+;;/m1../s1. The van der Waals surface area contributed by atoms with E-state index >= 15 is 0 Å². The summed E-state index contributed by atoms with van der Waals surface area (Å²) in [5, 5.41) is 6.08. The number of hydrogen-bond acceptors (Lipinski definition) is 6. The highest BCUT2D eigenvalue weighted by atomic mass is 16.2. The molecule has 0 radical (unpaired) electrons. The topological polar surface area (TPSA) is 98.8 Å². The molecule has 0 unspecified atom stereocenters. The van der Waals surface area contributed by atoms with Gasteiger partial charge >= 0.3 is 0 Å². The molecule has 3 fully saturated rings. The Labute approximate surface area is 232 Å². The molecule has 3 aliphatic rings. The Kier molecular flexibility index (Phi) is 19.0. The minimum absolute atomic E-state index is 0.0388. The largest absolute Gasteiger partial charge is 0.355 e. The number of Topliss-reactive ketones (excluding diaryl/α,β-unsaturated/α-hetero) is 1. The van der Waals surface area contributed by atoms with Crippen LogP contribution in [0.1, 0.15) is 97.3 Å². The maximum absolute atomic E-state index is 12.1. The highest BCUT2D eigenvalue weighted by Gasteiger charge is 2.34. The lowest BCUT2D eigenvalue weighted by Crippen LogP contribution is -2.41. The van der Waals surface area contributed by atoms with Gasteiger partial charge in [-0.2, -0.15) is 0 Å². The van der Waals surface area contributed by atoms with E-state index in [-0.39, 0.29) is 23.5 Å². The fraction of sp³-hybridized carbons (Fsp3) is 0.867. The number of nitrogens with one attached hydrogen (secondary N) is 2. The molecule has 2 N–H and O–H groups in total. The summed E-state index contributed by atoms with van der Waals surface area (Å²) in [5.74, 6) is 0.814. The van der Waals surface area contributed by atoms with E-state index in [1.807, 2.05) is 25.9 Å². The van der Waals surface area contributed by atoms with Crippen molar-refractivity contribution in [2.45, 2.75) is 97.3 Å². The second-order valence-corrected chi connectivity index (χ2v) is 11.2. The summed E-state index contributed by atoms with van der Waals surface area (Å²) >= 11 is 0. The minimum atomic E-state index is -0.0895. The zero-order chi connectivity index (χ0) is 28.2. The maximum atomic E-state index is 12.1. The van der Waals surface area contributed by atoms with Crippen molar-refractivity contribution in [1.29, 1.82) is 0 Å². The van der Waals surface area contributed by atoms with Crippen LogP contribution in [0.3, 0.4) is 0 Å². The van der Waals surface area contributed by atoms with E-state index in [2.05, 4.69) is 15.5 Å². The molecule has 3 rings (SSSR count). The van der Waals surface area contributed by atoms with E-state index in [0.29, 0.717) is 24.8 Å². The van der Waals surface area contributed by atoms with Crippen molar-refractivity contribution < 1.29 is 19.2 Å². The number of nitrogens with zero attached hydrogens (tertiary/aromatic N) is 2. The highest BCUT2D eigenvalue weighted by molar-refractivity contribution is 5.88. The SMILES string of the molecule is CC=O.CCC(=O)[C@@H]1CCCC[C@@H]1C(=O)NCCN(C)C.O=C(NCCN1CCCCC1)C1CCCCC1. The molecule has 0 bridgehead atoms. The van der Waals surface area contributed by atoms with Crippen molar-refractivity contribution in [2.75, 3.05) is 53.4 Å². The van der Waals surface area contributed by atoms with Gasteiger partial charge in [-0.05, 0) is 72.6 Å². The lowest BCUT2D eigenvalue weighted by molar-refractivity contribution is -0.135. The van der Waals surface area contributed by atoms with Gasteiger partial charge in [-0.1, -0.05) is 45.4 Å². The first-order valence-corrected chi connectivity index (χ1v) is 15.2. The van der Waals surface area contributed by atoms with Gasteiger partial charge in [0.1, 0.15) is 12.1 Å². The van der Waals surface area contributed by atoms with Crippen LogP contribution in [0.15, 0.2) is 0 Å². The molecule has 8 heteroatoms. The lowest BCUT2D eigenvalue weighted by atomic mass is 9.76. The molecule has 0 aromatic heterocycles. The fourth-order valence-electron chi connectivity index (χ4n) is 5.66. The Balaban J connectivity index is 0.000000345. The summed E-state index contributed by atoms with van der Waals surface area (Å²) in [6.07, 6.45) is 15.3. The van der Waals surface area contributed by atoms with Crippen LogP contribution < -0.4 is 10.6 Å². The van der Waals surface area contributed by atoms with Crippen LogP contribution in [0, 0.1) is 17.8 Å². The third-order valence-electron chi connectivity index (χ3n) is 7.87. The quantitative estimate of drug-likeness (QED) is 0.412. The van der Waals surface area contributed by atoms with E-state index in [1.54, 1.807) is 0 Å². The summed E-state index contributed by atoms with van der Waals surface area (Å²) in [5.41, 5.74) is 0. The summed E-state index contributed by atoms with van der Waals surface area (Å²) in [6, 6.07) is 0. The Hall–Kier alpha value is -1.80. The summed E-state index contributed by atoms with van der Waals surface area (Å²) in [4.78, 5) is 49.2. The van der Waals surface area contributed by atoms with Gasteiger partial charge in [0, 0.05) is 50.4 Å². The second-order valence-electron chi connectivity index (χ2n) is 11.2. The molecule has 2 aliphatic carbocycles. The molecule has 0 aromatic carbocycles. The number of aldehydes is 1. The van der Waals surface area contributed by atoms with E-state index in [9.17, 15) is 14.4 Å². The highest BCUT2D eigenvalue weighted by Crippen LogP contribution is 2.31. The van der Waals surface area contributed by atoms with Crippen LogP contribution in [0.25, 0.3) is 0 Å². The molecule has 2 atom stereocenters. The van der Waals surface area contributed by atoms with E-state index in [4.69, 9.17) is 4.79 Å². The van der Waals surface area contributed by atoms with Crippen LogP contribution in [0.5, 0.6) is 0 Å². The van der Waals surface area contributed by atoms with Crippen LogP contribution in [-0.2, 0) is 19.2 Å². The third-order valence-corrected chi connectivity index (χ3v) is 7.87. The Morgan fingerprint density at radius 1 is 0.789 bits per heavy atom. The van der Waals surface area contributed by atoms with Crippen molar-refractivity contribution in [3.05, 3.63) is 0 Å². The van der Waals surface area contributed by atoms with Crippen molar-refractivity contribution in [2.24, 2.45) is 17.8 Å². The van der Waals surface area contributed by atoms with Gasteiger partial charge in [0.05, 0.1) is 0 Å². The van der Waals surface area contributed by atoms with Gasteiger partial charge in [-0.3, -0.25) is 14.4 Å². The van der Waals surface area contributed by atoms with E-state index in [1.165, 1.54) is 58.5 Å². The summed E-state index contributed by atoms with van der Waals surface area (Å²) in [6.45, 7) is 9.16. The van der Waals surface area contributed by atoms with E-state index < -0.39 is 0 Å². The maximum Gasteiger partial charge on any atom is 0.223 e. The van der Waals surface area contributed by atoms with Crippen molar-refractivity contribution in [3.8, 4) is 0 Å².